The Labute approximate surface area is 231 Å². The second-order valence-corrected chi connectivity index (χ2v) is 9.92. The summed E-state index contributed by atoms with van der Waals surface area (Å²) >= 11 is 3.57. The monoisotopic (exact) mass is 577 g/mol. The predicted molar refractivity (Wildman–Crippen MR) is 156 cm³/mol. The van der Waals surface area contributed by atoms with Gasteiger partial charge < -0.3 is 14.2 Å². The van der Waals surface area contributed by atoms with E-state index in [-0.39, 0.29) is 11.5 Å². The molecular weight excluding hydrogens is 546 g/mol. The number of ether oxygens (including phenoxy) is 3. The Morgan fingerprint density at radius 2 is 1.74 bits per heavy atom. The summed E-state index contributed by atoms with van der Waals surface area (Å²) in [6, 6.07) is 15.0. The van der Waals surface area contributed by atoms with Crippen LogP contribution in [0.5, 0.6) is 17.2 Å². The molecule has 4 aromatic rings. The number of methoxy groups -OCH3 is 1. The van der Waals surface area contributed by atoms with Crippen molar-refractivity contribution in [2.45, 2.75) is 40.5 Å². The fourth-order valence-corrected chi connectivity index (χ4v) is 4.77. The maximum atomic E-state index is 13.7. The van der Waals surface area contributed by atoms with E-state index >= 15 is 0 Å². The number of benzene rings is 3. The van der Waals surface area contributed by atoms with Crippen LogP contribution in [0.3, 0.4) is 0 Å². The van der Waals surface area contributed by atoms with Gasteiger partial charge >= 0.3 is 0 Å². The van der Waals surface area contributed by atoms with Crippen molar-refractivity contribution in [2.24, 2.45) is 5.10 Å². The average molecular weight is 579 g/mol. The normalized spacial score (nSPS) is 11.5. The lowest BCUT2D eigenvalue weighted by Gasteiger charge is -2.17. The quantitative estimate of drug-likeness (QED) is 0.201. The van der Waals surface area contributed by atoms with Gasteiger partial charge in [-0.25, -0.2) is 4.98 Å². The highest BCUT2D eigenvalue weighted by Crippen LogP contribution is 2.35. The molecule has 0 bridgehead atoms. The predicted octanol–water partition coefficient (Wildman–Crippen LogP) is 6.95. The zero-order valence-electron chi connectivity index (χ0n) is 22.5. The van der Waals surface area contributed by atoms with E-state index in [2.05, 4.69) is 34.9 Å². The SMILES string of the molecule is CCOc1cc(OCC)c(C=Nn2c(-c3cc(C(C)C)c(OC)cc3C)nc3ccccc3c2=O)cc1Br. The molecule has 0 aliphatic carbocycles. The summed E-state index contributed by atoms with van der Waals surface area (Å²) in [7, 11) is 1.67. The van der Waals surface area contributed by atoms with Gasteiger partial charge in [-0.15, -0.1) is 0 Å². The van der Waals surface area contributed by atoms with Gasteiger partial charge in [-0.1, -0.05) is 26.0 Å². The summed E-state index contributed by atoms with van der Waals surface area (Å²) in [5.74, 6) is 2.75. The van der Waals surface area contributed by atoms with Gasteiger partial charge in [0.1, 0.15) is 17.2 Å². The van der Waals surface area contributed by atoms with Crippen LogP contribution in [0.4, 0.5) is 0 Å². The second kappa shape index (κ2) is 11.8. The van der Waals surface area contributed by atoms with Gasteiger partial charge in [-0.2, -0.15) is 9.78 Å². The summed E-state index contributed by atoms with van der Waals surface area (Å²) in [6.07, 6.45) is 1.62. The Bertz CT molecular complexity index is 1560. The Morgan fingerprint density at radius 1 is 1.03 bits per heavy atom. The van der Waals surface area contributed by atoms with Crippen LogP contribution in [0.15, 0.2) is 62.9 Å². The van der Waals surface area contributed by atoms with Crippen molar-refractivity contribution in [1.29, 1.82) is 0 Å². The van der Waals surface area contributed by atoms with Crippen molar-refractivity contribution in [1.82, 2.24) is 9.66 Å². The number of para-hydroxylation sites is 1. The highest BCUT2D eigenvalue weighted by Gasteiger charge is 2.18. The molecule has 0 radical (unpaired) electrons. The third-order valence-corrected chi connectivity index (χ3v) is 6.79. The van der Waals surface area contributed by atoms with Crippen LogP contribution < -0.4 is 19.8 Å². The Morgan fingerprint density at radius 3 is 2.42 bits per heavy atom. The highest BCUT2D eigenvalue weighted by atomic mass is 79.9. The van der Waals surface area contributed by atoms with Crippen molar-refractivity contribution in [3.05, 3.63) is 80.0 Å². The average Bonchev–Trinajstić information content (AvgIpc) is 2.90. The fraction of sp³-hybridized carbons (Fsp3) is 0.300. The number of rotatable bonds is 9. The number of fused-ring (bicyclic) bond motifs is 1. The largest absolute Gasteiger partial charge is 0.496 e. The topological polar surface area (TPSA) is 74.9 Å². The fourth-order valence-electron chi connectivity index (χ4n) is 4.29. The second-order valence-electron chi connectivity index (χ2n) is 9.06. The van der Waals surface area contributed by atoms with Crippen LogP contribution in [0, 0.1) is 6.92 Å². The Hall–Kier alpha value is -3.65. The van der Waals surface area contributed by atoms with Gasteiger partial charge in [0.15, 0.2) is 5.82 Å². The van der Waals surface area contributed by atoms with E-state index in [1.165, 1.54) is 4.68 Å². The zero-order chi connectivity index (χ0) is 27.4. The third kappa shape index (κ3) is 5.45. The molecule has 3 aromatic carbocycles. The van der Waals surface area contributed by atoms with E-state index in [0.717, 1.165) is 26.9 Å². The van der Waals surface area contributed by atoms with Crippen molar-refractivity contribution < 1.29 is 14.2 Å². The first-order chi connectivity index (χ1) is 18.3. The van der Waals surface area contributed by atoms with Crippen LogP contribution in [-0.4, -0.2) is 36.2 Å². The van der Waals surface area contributed by atoms with Crippen molar-refractivity contribution >= 4 is 33.0 Å². The number of hydrogen-bond donors (Lipinski definition) is 0. The third-order valence-electron chi connectivity index (χ3n) is 6.17. The number of aryl methyl sites for hydroxylation is 1. The molecule has 0 saturated heterocycles. The molecule has 0 spiro atoms. The van der Waals surface area contributed by atoms with Crippen LogP contribution in [0.2, 0.25) is 0 Å². The summed E-state index contributed by atoms with van der Waals surface area (Å²) in [4.78, 5) is 18.6. The van der Waals surface area contributed by atoms with Gasteiger partial charge in [0.2, 0.25) is 0 Å². The molecule has 0 fully saturated rings. The van der Waals surface area contributed by atoms with Gasteiger partial charge in [0.25, 0.3) is 5.56 Å². The summed E-state index contributed by atoms with van der Waals surface area (Å²) in [6.45, 7) is 11.0. The molecule has 0 saturated carbocycles. The molecule has 38 heavy (non-hydrogen) atoms. The lowest BCUT2D eigenvalue weighted by atomic mass is 9.96. The van der Waals surface area contributed by atoms with Crippen molar-refractivity contribution in [3.8, 4) is 28.6 Å². The molecule has 8 heteroatoms. The molecule has 0 atom stereocenters. The van der Waals surface area contributed by atoms with E-state index in [9.17, 15) is 4.79 Å². The number of hydrogen-bond acceptors (Lipinski definition) is 6. The molecule has 4 rings (SSSR count). The van der Waals surface area contributed by atoms with Gasteiger partial charge in [0.05, 0.1) is 41.9 Å². The minimum absolute atomic E-state index is 0.211. The van der Waals surface area contributed by atoms with Crippen molar-refractivity contribution in [3.63, 3.8) is 0 Å². The molecule has 0 unspecified atom stereocenters. The minimum Gasteiger partial charge on any atom is -0.496 e. The Balaban J connectivity index is 1.96. The minimum atomic E-state index is -0.258. The molecule has 0 amide bonds. The van der Waals surface area contributed by atoms with E-state index < -0.39 is 0 Å². The molecule has 0 aliphatic heterocycles. The van der Waals surface area contributed by atoms with Crippen molar-refractivity contribution in [2.75, 3.05) is 20.3 Å². The number of aromatic nitrogens is 2. The molecule has 1 aromatic heterocycles. The van der Waals surface area contributed by atoms with E-state index in [1.807, 2.05) is 63.2 Å². The lowest BCUT2D eigenvalue weighted by Crippen LogP contribution is -2.21. The molecule has 1 heterocycles. The molecular formula is C30H32BrN3O4. The Kier molecular flexibility index (Phi) is 8.52. The number of halogens is 1. The smallest absolute Gasteiger partial charge is 0.282 e. The van der Waals surface area contributed by atoms with Gasteiger partial charge in [0, 0.05) is 17.2 Å². The van der Waals surface area contributed by atoms with Crippen LogP contribution in [-0.2, 0) is 0 Å². The first-order valence-electron chi connectivity index (χ1n) is 12.6. The molecule has 0 N–H and O–H groups in total. The van der Waals surface area contributed by atoms with Crippen LogP contribution in [0.1, 0.15) is 50.3 Å². The standard InChI is InChI=1S/C30H32BrN3O4/c1-7-37-26-16-28(38-8-2)24(31)14-20(26)17-32-34-29(33-25-12-10-9-11-21(25)30(34)35)23-15-22(18(3)4)27(36-6)13-19(23)5/h9-18H,7-8H2,1-6H3. The zero-order valence-corrected chi connectivity index (χ0v) is 24.1. The molecule has 198 valence electrons. The maximum absolute atomic E-state index is 13.7. The van der Waals surface area contributed by atoms with Gasteiger partial charge in [-0.05, 0) is 84.1 Å². The van der Waals surface area contributed by atoms with E-state index in [4.69, 9.17) is 19.2 Å². The van der Waals surface area contributed by atoms with Gasteiger partial charge in [-0.3, -0.25) is 4.79 Å². The lowest BCUT2D eigenvalue weighted by molar-refractivity contribution is 0.321. The van der Waals surface area contributed by atoms with E-state index in [0.29, 0.717) is 47.0 Å². The maximum Gasteiger partial charge on any atom is 0.282 e. The number of nitrogens with zero attached hydrogens (tertiary/aromatic N) is 3. The van der Waals surface area contributed by atoms with Crippen LogP contribution >= 0.6 is 15.9 Å². The molecule has 7 nitrogen and oxygen atoms in total. The highest BCUT2D eigenvalue weighted by molar-refractivity contribution is 9.10. The first-order valence-corrected chi connectivity index (χ1v) is 13.4. The van der Waals surface area contributed by atoms with E-state index in [1.54, 1.807) is 19.4 Å². The molecule has 0 aliphatic rings. The van der Waals surface area contributed by atoms with Crippen LogP contribution in [0.25, 0.3) is 22.3 Å². The summed E-state index contributed by atoms with van der Waals surface area (Å²) in [5.41, 5.74) is 3.82. The first kappa shape index (κ1) is 27.4. The summed E-state index contributed by atoms with van der Waals surface area (Å²) in [5, 5.41) is 5.15. The summed E-state index contributed by atoms with van der Waals surface area (Å²) < 4.78 is 19.3.